The van der Waals surface area contributed by atoms with Gasteiger partial charge in [-0.05, 0) is 30.7 Å². The number of aryl methyl sites for hydroxylation is 2. The molecule has 0 aliphatic carbocycles. The molecular weight excluding hydrogens is 485 g/mol. The predicted octanol–water partition coefficient (Wildman–Crippen LogP) is 2.59. The highest BCUT2D eigenvalue weighted by atomic mass is 19.4. The van der Waals surface area contributed by atoms with Gasteiger partial charge in [-0.2, -0.15) is 5.10 Å². The first-order valence-corrected chi connectivity index (χ1v) is 10.8. The van der Waals surface area contributed by atoms with E-state index < -0.39 is 24.1 Å². The van der Waals surface area contributed by atoms with Crippen molar-refractivity contribution in [1.29, 1.82) is 0 Å². The van der Waals surface area contributed by atoms with E-state index in [1.54, 1.807) is 4.57 Å². The van der Waals surface area contributed by atoms with Crippen molar-refractivity contribution in [2.24, 2.45) is 14.1 Å². The average molecular weight is 510 g/mol. The van der Waals surface area contributed by atoms with Crippen LogP contribution in [-0.2, 0) is 27.2 Å². The molecule has 3 rings (SSSR count). The van der Waals surface area contributed by atoms with Gasteiger partial charge < -0.3 is 19.9 Å². The fraction of sp³-hybridized carbons (Fsp3) is 0.381. The highest BCUT2D eigenvalue weighted by Crippen LogP contribution is 2.24. The van der Waals surface area contributed by atoms with Gasteiger partial charge in [0.2, 0.25) is 5.82 Å². The van der Waals surface area contributed by atoms with E-state index in [1.807, 2.05) is 6.92 Å². The van der Waals surface area contributed by atoms with Crippen LogP contribution in [0.25, 0.3) is 0 Å². The van der Waals surface area contributed by atoms with Crippen molar-refractivity contribution in [2.45, 2.75) is 39.2 Å². The zero-order valence-corrected chi connectivity index (χ0v) is 19.7. The Bertz CT molecular complexity index is 1280. The summed E-state index contributed by atoms with van der Waals surface area (Å²) in [6.07, 6.45) is -1.71. The number of unbranched alkanes of at least 4 members (excludes halogenated alkanes) is 1. The van der Waals surface area contributed by atoms with E-state index >= 15 is 0 Å². The molecule has 0 atom stereocenters. The number of rotatable bonds is 9. The summed E-state index contributed by atoms with van der Waals surface area (Å²) in [5.41, 5.74) is -0.116. The molecule has 36 heavy (non-hydrogen) atoms. The molecule has 0 unspecified atom stereocenters. The first-order valence-electron chi connectivity index (χ1n) is 10.8. The summed E-state index contributed by atoms with van der Waals surface area (Å²) in [7, 11) is 3.04. The topological polar surface area (TPSA) is 137 Å². The Balaban J connectivity index is 1.66. The zero-order chi connectivity index (χ0) is 26.5. The number of urea groups is 1. The van der Waals surface area contributed by atoms with Crippen molar-refractivity contribution in [1.82, 2.24) is 29.2 Å². The number of halogens is 3. The van der Waals surface area contributed by atoms with Gasteiger partial charge >= 0.3 is 18.1 Å². The van der Waals surface area contributed by atoms with E-state index in [1.165, 1.54) is 37.0 Å². The number of amides is 3. The van der Waals surface area contributed by atoms with E-state index in [2.05, 4.69) is 30.8 Å². The third-order valence-corrected chi connectivity index (χ3v) is 4.94. The minimum atomic E-state index is -4.82. The lowest BCUT2D eigenvalue weighted by atomic mass is 10.3. The number of nitrogens with one attached hydrogen (secondary N) is 3. The van der Waals surface area contributed by atoms with E-state index in [4.69, 9.17) is 0 Å². The van der Waals surface area contributed by atoms with Crippen molar-refractivity contribution in [3.8, 4) is 5.75 Å². The van der Waals surface area contributed by atoms with Crippen LogP contribution >= 0.6 is 0 Å². The third kappa shape index (κ3) is 6.86. The molecular formula is C21H25F3N8O4. The zero-order valence-electron chi connectivity index (χ0n) is 19.7. The minimum Gasteiger partial charge on any atom is -0.406 e. The summed E-state index contributed by atoms with van der Waals surface area (Å²) in [4.78, 5) is 41.2. The molecule has 0 spiro atoms. The van der Waals surface area contributed by atoms with Gasteiger partial charge in [-0.25, -0.2) is 19.3 Å². The van der Waals surface area contributed by atoms with E-state index in [9.17, 15) is 27.6 Å². The second-order valence-electron chi connectivity index (χ2n) is 7.71. The first kappa shape index (κ1) is 26.3. The molecule has 15 heteroatoms. The number of carbonyl (C=O) groups is 2. The fourth-order valence-corrected chi connectivity index (χ4v) is 3.18. The molecule has 1 aromatic carbocycles. The number of benzene rings is 1. The SMILES string of the molecule is CCCCn1cc(NC(=O)Nc2ccc(OC(F)(F)F)cc2)nc1C(=O)NCc1nn(C)c(=O)n1C. The Hall–Kier alpha value is -4.30. The van der Waals surface area contributed by atoms with Crippen molar-refractivity contribution in [3.63, 3.8) is 0 Å². The van der Waals surface area contributed by atoms with Crippen LogP contribution in [0.2, 0.25) is 0 Å². The van der Waals surface area contributed by atoms with Crippen LogP contribution in [0.1, 0.15) is 36.2 Å². The van der Waals surface area contributed by atoms with Crippen LogP contribution in [0.3, 0.4) is 0 Å². The van der Waals surface area contributed by atoms with Crippen molar-refractivity contribution >= 4 is 23.4 Å². The molecule has 0 fully saturated rings. The number of carbonyl (C=O) groups excluding carboxylic acids is 2. The predicted molar refractivity (Wildman–Crippen MR) is 123 cm³/mol. The number of imidazole rings is 1. The van der Waals surface area contributed by atoms with Crippen molar-refractivity contribution < 1.29 is 27.5 Å². The van der Waals surface area contributed by atoms with Gasteiger partial charge in [0.05, 0.1) is 6.54 Å². The number of alkyl halides is 3. The van der Waals surface area contributed by atoms with Gasteiger partial charge in [0.15, 0.2) is 11.6 Å². The lowest BCUT2D eigenvalue weighted by molar-refractivity contribution is -0.274. The van der Waals surface area contributed by atoms with Crippen LogP contribution < -0.4 is 26.4 Å². The second-order valence-corrected chi connectivity index (χ2v) is 7.71. The molecule has 3 amide bonds. The smallest absolute Gasteiger partial charge is 0.406 e. The molecule has 194 valence electrons. The molecule has 0 saturated carbocycles. The maximum absolute atomic E-state index is 12.8. The first-order chi connectivity index (χ1) is 17.0. The highest BCUT2D eigenvalue weighted by Gasteiger charge is 2.31. The van der Waals surface area contributed by atoms with Crippen molar-refractivity contribution in [2.75, 3.05) is 10.6 Å². The molecule has 0 bridgehead atoms. The van der Waals surface area contributed by atoms with Crippen LogP contribution in [0.5, 0.6) is 5.75 Å². The Morgan fingerprint density at radius 3 is 2.39 bits per heavy atom. The van der Waals surface area contributed by atoms with Crippen LogP contribution in [0.4, 0.5) is 29.5 Å². The third-order valence-electron chi connectivity index (χ3n) is 4.94. The standard InChI is InChI=1S/C21H25F3N8O4/c1-4-5-10-32-12-15(27-17(32)18(33)25-11-16-29-31(3)20(35)30(16)2)28-19(34)26-13-6-8-14(9-7-13)36-21(22,23)24/h6-9,12H,4-5,10-11H2,1-3H3,(H,25,33)(H2,26,28,34). The van der Waals surface area contributed by atoms with E-state index in [-0.39, 0.29) is 29.6 Å². The van der Waals surface area contributed by atoms with E-state index in [0.29, 0.717) is 12.4 Å². The summed E-state index contributed by atoms with van der Waals surface area (Å²) in [6.45, 7) is 2.44. The number of hydrogen-bond acceptors (Lipinski definition) is 6. The van der Waals surface area contributed by atoms with Crippen molar-refractivity contribution in [3.05, 3.63) is 52.6 Å². The fourth-order valence-electron chi connectivity index (χ4n) is 3.18. The Morgan fingerprint density at radius 1 is 1.11 bits per heavy atom. The quantitative estimate of drug-likeness (QED) is 0.405. The number of ether oxygens (including phenoxy) is 1. The van der Waals surface area contributed by atoms with Crippen LogP contribution in [0.15, 0.2) is 35.3 Å². The number of nitrogens with zero attached hydrogens (tertiary/aromatic N) is 5. The van der Waals surface area contributed by atoms with Crippen LogP contribution in [-0.4, -0.2) is 42.2 Å². The highest BCUT2D eigenvalue weighted by molar-refractivity contribution is 5.99. The van der Waals surface area contributed by atoms with E-state index in [0.717, 1.165) is 29.7 Å². The molecule has 0 aliphatic heterocycles. The lowest BCUT2D eigenvalue weighted by Crippen LogP contribution is -2.28. The summed E-state index contributed by atoms with van der Waals surface area (Å²) < 4.78 is 44.7. The molecule has 0 saturated heterocycles. The van der Waals surface area contributed by atoms with Gasteiger partial charge in [-0.1, -0.05) is 13.3 Å². The van der Waals surface area contributed by atoms with Crippen LogP contribution in [0, 0.1) is 0 Å². The second kappa shape index (κ2) is 11.0. The summed E-state index contributed by atoms with van der Waals surface area (Å²) >= 11 is 0. The maximum atomic E-state index is 12.8. The molecule has 3 N–H and O–H groups in total. The normalized spacial score (nSPS) is 11.3. The molecule has 2 heterocycles. The van der Waals surface area contributed by atoms with Gasteiger partial charge in [0.1, 0.15) is 5.75 Å². The van der Waals surface area contributed by atoms with Gasteiger partial charge in [-0.3, -0.25) is 14.7 Å². The monoisotopic (exact) mass is 510 g/mol. The Morgan fingerprint density at radius 2 is 1.81 bits per heavy atom. The molecule has 2 aromatic heterocycles. The largest absolute Gasteiger partial charge is 0.573 e. The molecule has 12 nitrogen and oxygen atoms in total. The average Bonchev–Trinajstić information content (AvgIpc) is 3.31. The number of aromatic nitrogens is 5. The number of hydrogen-bond donors (Lipinski definition) is 3. The summed E-state index contributed by atoms with van der Waals surface area (Å²) in [5.74, 6) is -0.460. The molecule has 0 aliphatic rings. The molecule has 0 radical (unpaired) electrons. The Kier molecular flexibility index (Phi) is 8.01. The van der Waals surface area contributed by atoms with Gasteiger partial charge in [-0.15, -0.1) is 13.2 Å². The Labute approximate surface area is 203 Å². The summed E-state index contributed by atoms with van der Waals surface area (Å²) in [6, 6.07) is 3.88. The number of anilines is 2. The maximum Gasteiger partial charge on any atom is 0.573 e. The molecule has 3 aromatic rings. The van der Waals surface area contributed by atoms with Gasteiger partial charge in [0, 0.05) is 32.5 Å². The summed E-state index contributed by atoms with van der Waals surface area (Å²) in [5, 5.41) is 11.7. The minimum absolute atomic E-state index is 0.0106. The van der Waals surface area contributed by atoms with Gasteiger partial charge in [0.25, 0.3) is 5.91 Å². The lowest BCUT2D eigenvalue weighted by Gasteiger charge is -2.10.